The van der Waals surface area contributed by atoms with Crippen molar-refractivity contribution in [3.63, 3.8) is 0 Å². The number of epoxide rings is 1. The average molecular weight is 1690 g/mol. The number of aliphatic hydroxyl groups excluding tert-OH is 1. The van der Waals surface area contributed by atoms with Gasteiger partial charge in [0, 0.05) is 18.3 Å². The van der Waals surface area contributed by atoms with E-state index in [0.717, 1.165) is 120 Å². The first-order valence-corrected chi connectivity index (χ1v) is 53.3. The number of hydrogen-bond acceptors (Lipinski definition) is 8. The highest BCUT2D eigenvalue weighted by molar-refractivity contribution is 7.00. The number of fused-ring (bicyclic) bond motifs is 6. The van der Waals surface area contributed by atoms with Crippen molar-refractivity contribution in [1.29, 1.82) is 0 Å². The monoisotopic (exact) mass is 1690 g/mol. The number of benzene rings is 9. The van der Waals surface area contributed by atoms with Gasteiger partial charge in [0.05, 0.1) is 40.1 Å². The SMILES string of the molecule is CCCCC[C@H](C)CC[C@@H]1[C@H]2Cc3cccc(OC)c3C[C@H]2C[C@H]1O[Si](c1ccccc1)(c1ccccc1)C(C)(C)C.CCCCC[C@H](O)CC[C@@H]1[C@H]2Cc3cccc(OC)c3C[C@H]2C[C@H]1O[Si](c1ccccc1)(c1ccccc1)C(C)(C)C.COc1cccc2c1C[C@H]1C[C@@H](O[Si](c3ccccc3)(c3ccccc3)C(C)(C)C)[C@H](CC[C@@H]3CO3)[C@H]1C2. The topological polar surface area (TPSA) is 88.1 Å². The summed E-state index contributed by atoms with van der Waals surface area (Å²) in [6.07, 6.45) is 27.5. The van der Waals surface area contributed by atoms with Crippen LogP contribution in [0.2, 0.25) is 15.1 Å². The third-order valence-electron chi connectivity index (χ3n) is 30.3. The molecule has 1 aliphatic heterocycles. The molecule has 15 atom stereocenters. The van der Waals surface area contributed by atoms with Crippen molar-refractivity contribution in [2.75, 3.05) is 27.9 Å². The summed E-state index contributed by atoms with van der Waals surface area (Å²) >= 11 is 0. The number of rotatable bonds is 32. The molecule has 9 aromatic rings. The van der Waals surface area contributed by atoms with E-state index in [4.69, 9.17) is 32.2 Å². The molecule has 0 amide bonds. The average Bonchev–Trinajstić information content (AvgIpc) is 1.38. The van der Waals surface area contributed by atoms with Crippen molar-refractivity contribution in [2.24, 2.45) is 59.2 Å². The molecule has 6 aliphatic carbocycles. The maximum absolute atomic E-state index is 11.0. The lowest BCUT2D eigenvalue weighted by molar-refractivity contribution is 0.0949. The molecular formula is C111H148O8Si3. The van der Waals surface area contributed by atoms with E-state index in [1.165, 1.54) is 122 Å². The lowest BCUT2D eigenvalue weighted by Gasteiger charge is -2.46. The van der Waals surface area contributed by atoms with Gasteiger partial charge in [-0.1, -0.05) is 353 Å². The van der Waals surface area contributed by atoms with Gasteiger partial charge in [0.1, 0.15) is 17.2 Å². The van der Waals surface area contributed by atoms with Crippen molar-refractivity contribution in [3.8, 4) is 17.2 Å². The Morgan fingerprint density at radius 1 is 0.344 bits per heavy atom. The molecule has 4 fully saturated rings. The fourth-order valence-electron chi connectivity index (χ4n) is 24.2. The van der Waals surface area contributed by atoms with Crippen molar-refractivity contribution < 1.29 is 37.3 Å². The van der Waals surface area contributed by atoms with E-state index in [1.54, 1.807) is 7.11 Å². The standard InChI is InChI=1S/C39H54O2Si.C38H52O3Si.C34H42O3Si/c1-7-8-11-17-29(2)24-25-34-35-26-30-18-16-23-37(40-6)36(30)27-31(35)28-38(34)41-42(39(3,4)5,32-19-12-9-13-20-32)33-21-14-10-15-22-33;1-6-7-10-17-30(39)23-24-33-34-25-28-16-15-22-36(40-5)35(28)26-29(34)27-37(33)41-42(38(2,3)4,31-18-11-8-12-19-31)32-20-13-9-14-21-32;1-34(2,3)38(27-13-7-5-8-14-27,28-15-9-6-10-16-28)37-33-22-25-21-31-24(12-11-17-32(31)35-4)20-30(25)29(33)19-18-26-23-36-26/h9-10,12-16,18-23,29,31,34-35,38H,7-8,11,17,24-28H2,1-6H3;8-9,11-16,18-22,29-30,33-34,37,39H,6-7,10,17,23-27H2,1-5H3;5-17,25-26,29-30,33H,18-23H2,1-4H3/t29-,31-,34+,35-,38+;29-,30-,33+,34-,37+;25-,26+,29+,30-,33+/m000/s1. The second kappa shape index (κ2) is 40.6. The summed E-state index contributed by atoms with van der Waals surface area (Å²) in [5.41, 5.74) is 8.68. The van der Waals surface area contributed by atoms with Gasteiger partial charge in [0.25, 0.3) is 25.0 Å². The van der Waals surface area contributed by atoms with Crippen molar-refractivity contribution in [1.82, 2.24) is 0 Å². The van der Waals surface area contributed by atoms with E-state index in [-0.39, 0.29) is 39.5 Å². The van der Waals surface area contributed by atoms with E-state index in [2.05, 4.69) is 320 Å². The van der Waals surface area contributed by atoms with Gasteiger partial charge in [-0.3, -0.25) is 0 Å². The minimum atomic E-state index is -2.69. The number of aliphatic hydroxyl groups is 1. The molecule has 16 rings (SSSR count). The summed E-state index contributed by atoms with van der Waals surface area (Å²) in [5.74, 6) is 9.24. The zero-order valence-corrected chi connectivity index (χ0v) is 80.0. The van der Waals surface area contributed by atoms with Gasteiger partial charge in [0.15, 0.2) is 0 Å². The first-order chi connectivity index (χ1) is 59.0. The van der Waals surface area contributed by atoms with Gasteiger partial charge >= 0.3 is 0 Å². The summed E-state index contributed by atoms with van der Waals surface area (Å²) < 4.78 is 46.8. The van der Waals surface area contributed by atoms with Gasteiger partial charge in [-0.25, -0.2) is 0 Å². The molecule has 8 nitrogen and oxygen atoms in total. The third kappa shape index (κ3) is 19.8. The smallest absolute Gasteiger partial charge is 0.261 e. The second-order valence-corrected chi connectivity index (χ2v) is 53.6. The first kappa shape index (κ1) is 91.1. The highest BCUT2D eigenvalue weighted by atomic mass is 28.4. The molecule has 0 bridgehead atoms. The largest absolute Gasteiger partial charge is 0.496 e. The van der Waals surface area contributed by atoms with Crippen LogP contribution in [0.15, 0.2) is 237 Å². The summed E-state index contributed by atoms with van der Waals surface area (Å²) in [6.45, 7) is 29.6. The Morgan fingerprint density at radius 2 is 0.631 bits per heavy atom. The van der Waals surface area contributed by atoms with Crippen LogP contribution in [0.1, 0.15) is 226 Å². The van der Waals surface area contributed by atoms with Gasteiger partial charge < -0.3 is 37.3 Å². The lowest BCUT2D eigenvalue weighted by atomic mass is 9.73. The van der Waals surface area contributed by atoms with Crippen molar-refractivity contribution in [3.05, 3.63) is 270 Å². The van der Waals surface area contributed by atoms with Crippen LogP contribution in [0.25, 0.3) is 0 Å². The zero-order chi connectivity index (χ0) is 85.8. The summed E-state index contributed by atoms with van der Waals surface area (Å²) in [5, 5.41) is 19.2. The molecule has 1 N–H and O–H groups in total. The maximum Gasteiger partial charge on any atom is 0.261 e. The number of ether oxygens (including phenoxy) is 4. The van der Waals surface area contributed by atoms with Crippen LogP contribution in [0.3, 0.4) is 0 Å². The Labute approximate surface area is 739 Å². The highest BCUT2D eigenvalue weighted by Gasteiger charge is 2.60. The molecule has 9 aromatic carbocycles. The number of methoxy groups -OCH3 is 3. The minimum Gasteiger partial charge on any atom is -0.496 e. The van der Waals surface area contributed by atoms with Gasteiger partial charge in [0.2, 0.25) is 0 Å². The van der Waals surface area contributed by atoms with Crippen molar-refractivity contribution >= 4 is 56.1 Å². The number of unbranched alkanes of at least 4 members (excludes halogenated alkanes) is 4. The van der Waals surface area contributed by atoms with E-state index >= 15 is 0 Å². The molecule has 0 radical (unpaired) electrons. The van der Waals surface area contributed by atoms with Crippen molar-refractivity contribution in [2.45, 2.75) is 276 Å². The second-order valence-electron chi connectivity index (χ2n) is 40.9. The molecule has 11 heteroatoms. The van der Waals surface area contributed by atoms with E-state index in [1.807, 2.05) is 14.2 Å². The van der Waals surface area contributed by atoms with Crippen LogP contribution in [0.5, 0.6) is 17.2 Å². The Morgan fingerprint density at radius 3 is 0.910 bits per heavy atom. The first-order valence-electron chi connectivity index (χ1n) is 47.6. The number of hydrogen-bond donors (Lipinski definition) is 1. The van der Waals surface area contributed by atoms with Crippen LogP contribution >= 0.6 is 0 Å². The lowest BCUT2D eigenvalue weighted by Crippen LogP contribution is -2.68. The summed E-state index contributed by atoms with van der Waals surface area (Å²) in [6, 6.07) is 86.9. The van der Waals surface area contributed by atoms with E-state index in [0.29, 0.717) is 59.4 Å². The van der Waals surface area contributed by atoms with E-state index < -0.39 is 25.0 Å². The molecule has 7 aliphatic rings. The van der Waals surface area contributed by atoms with E-state index in [9.17, 15) is 5.11 Å². The van der Waals surface area contributed by atoms with Crippen LogP contribution in [0, 0.1) is 59.2 Å². The predicted octanol–water partition coefficient (Wildman–Crippen LogP) is 22.9. The van der Waals surface area contributed by atoms with Crippen LogP contribution in [0.4, 0.5) is 0 Å². The quantitative estimate of drug-likeness (QED) is 0.0253. The molecule has 652 valence electrons. The molecular weight excluding hydrogens is 1550 g/mol. The Balaban J connectivity index is 0.000000150. The minimum absolute atomic E-state index is 0.00630. The van der Waals surface area contributed by atoms with Gasteiger partial charge in [-0.2, -0.15) is 0 Å². The third-order valence-corrected chi connectivity index (χ3v) is 45.5. The summed E-state index contributed by atoms with van der Waals surface area (Å²) in [4.78, 5) is 0. The van der Waals surface area contributed by atoms with Gasteiger partial charge in [-0.15, -0.1) is 0 Å². The fraction of sp³-hybridized carbons (Fsp3) is 0.514. The summed E-state index contributed by atoms with van der Waals surface area (Å²) in [7, 11) is -2.49. The zero-order valence-electron chi connectivity index (χ0n) is 77.0. The molecule has 1 heterocycles. The molecule has 122 heavy (non-hydrogen) atoms. The van der Waals surface area contributed by atoms with Gasteiger partial charge in [-0.05, 0) is 253 Å². The normalized spacial score (nSPS) is 24.0. The Hall–Kier alpha value is -7.17. The molecule has 0 unspecified atom stereocenters. The predicted molar refractivity (Wildman–Crippen MR) is 515 cm³/mol. The molecule has 3 saturated carbocycles. The Bertz CT molecular complexity index is 4390. The highest BCUT2D eigenvalue weighted by Crippen LogP contribution is 2.56. The van der Waals surface area contributed by atoms with Crippen LogP contribution in [-0.2, 0) is 56.5 Å². The maximum atomic E-state index is 11.0. The fourth-order valence-corrected chi connectivity index (χ4v) is 38.4. The Kier molecular flexibility index (Phi) is 30.3. The molecule has 0 aromatic heterocycles. The van der Waals surface area contributed by atoms with Crippen LogP contribution in [-0.4, -0.2) is 88.5 Å². The molecule has 0 spiro atoms. The molecule has 1 saturated heterocycles. The van der Waals surface area contributed by atoms with Crippen LogP contribution < -0.4 is 45.3 Å².